The molecule has 3 rings (SSSR count). The third-order valence-electron chi connectivity index (χ3n) is 6.36. The normalized spacial score (nSPS) is 18.3. The standard InChI is InChI=1S/C26H36N2O4/c1-5-28(22-10-8-21(27)9-11-22)25-17-20(16-24(18(25)2)26(29)31-4)19-6-12-23(13-7-19)32-15-14-30-3/h6-7,12-13,16-17,21-22H,5,8-11,14-15,27H2,1-4H3. The molecule has 0 bridgehead atoms. The highest BCUT2D eigenvalue weighted by Gasteiger charge is 2.26. The molecule has 0 radical (unpaired) electrons. The molecule has 1 aliphatic carbocycles. The van der Waals surface area contributed by atoms with Gasteiger partial charge in [-0.15, -0.1) is 0 Å². The lowest BCUT2D eigenvalue weighted by molar-refractivity contribution is 0.0600. The van der Waals surface area contributed by atoms with Gasteiger partial charge < -0.3 is 24.8 Å². The fourth-order valence-corrected chi connectivity index (χ4v) is 4.51. The summed E-state index contributed by atoms with van der Waals surface area (Å²) in [5, 5.41) is 0. The van der Waals surface area contributed by atoms with Crippen LogP contribution in [0.4, 0.5) is 5.69 Å². The van der Waals surface area contributed by atoms with E-state index in [0.29, 0.717) is 30.9 Å². The quantitative estimate of drug-likeness (QED) is 0.455. The number of hydrogen-bond acceptors (Lipinski definition) is 6. The van der Waals surface area contributed by atoms with Crippen LogP contribution >= 0.6 is 0 Å². The lowest BCUT2D eigenvalue weighted by Crippen LogP contribution is -2.41. The Labute approximate surface area is 191 Å². The van der Waals surface area contributed by atoms with Crippen molar-refractivity contribution in [2.24, 2.45) is 5.73 Å². The Morgan fingerprint density at radius 1 is 1.03 bits per heavy atom. The second kappa shape index (κ2) is 11.3. The van der Waals surface area contributed by atoms with Crippen molar-refractivity contribution in [2.45, 2.75) is 51.6 Å². The van der Waals surface area contributed by atoms with Gasteiger partial charge in [0.25, 0.3) is 0 Å². The summed E-state index contributed by atoms with van der Waals surface area (Å²) in [6.45, 7) is 6.11. The van der Waals surface area contributed by atoms with Crippen molar-refractivity contribution in [1.82, 2.24) is 0 Å². The van der Waals surface area contributed by atoms with E-state index in [4.69, 9.17) is 19.9 Å². The first-order valence-electron chi connectivity index (χ1n) is 11.5. The molecule has 0 atom stereocenters. The first-order chi connectivity index (χ1) is 15.5. The van der Waals surface area contributed by atoms with Crippen molar-refractivity contribution in [2.75, 3.05) is 38.9 Å². The maximum Gasteiger partial charge on any atom is 0.338 e. The van der Waals surface area contributed by atoms with E-state index in [-0.39, 0.29) is 5.97 Å². The lowest BCUT2D eigenvalue weighted by atomic mass is 9.89. The summed E-state index contributed by atoms with van der Waals surface area (Å²) >= 11 is 0. The van der Waals surface area contributed by atoms with Crippen LogP contribution in [0.5, 0.6) is 5.75 Å². The molecule has 0 spiro atoms. The van der Waals surface area contributed by atoms with E-state index >= 15 is 0 Å². The number of rotatable bonds is 9. The number of ether oxygens (including phenoxy) is 3. The van der Waals surface area contributed by atoms with E-state index < -0.39 is 0 Å². The zero-order chi connectivity index (χ0) is 23.1. The minimum Gasteiger partial charge on any atom is -0.491 e. The van der Waals surface area contributed by atoms with Crippen molar-refractivity contribution in [3.8, 4) is 16.9 Å². The Bertz CT molecular complexity index is 889. The molecule has 6 nitrogen and oxygen atoms in total. The molecule has 32 heavy (non-hydrogen) atoms. The Hall–Kier alpha value is -2.57. The van der Waals surface area contributed by atoms with Gasteiger partial charge in [-0.05, 0) is 80.5 Å². The molecule has 174 valence electrons. The number of methoxy groups -OCH3 is 2. The van der Waals surface area contributed by atoms with Crippen LogP contribution < -0.4 is 15.4 Å². The molecule has 2 aromatic rings. The lowest BCUT2D eigenvalue weighted by Gasteiger charge is -2.38. The van der Waals surface area contributed by atoms with Crippen LogP contribution in [0.3, 0.4) is 0 Å². The van der Waals surface area contributed by atoms with E-state index in [1.54, 1.807) is 7.11 Å². The smallest absolute Gasteiger partial charge is 0.338 e. The number of carbonyl (C=O) groups excluding carboxylic acids is 1. The van der Waals surface area contributed by atoms with E-state index in [0.717, 1.165) is 60.4 Å². The molecule has 2 N–H and O–H groups in total. The molecule has 0 heterocycles. The van der Waals surface area contributed by atoms with Gasteiger partial charge >= 0.3 is 5.97 Å². The number of carbonyl (C=O) groups is 1. The molecule has 0 saturated heterocycles. The van der Waals surface area contributed by atoms with Gasteiger partial charge in [0, 0.05) is 31.4 Å². The van der Waals surface area contributed by atoms with Crippen molar-refractivity contribution in [3.63, 3.8) is 0 Å². The zero-order valence-corrected chi connectivity index (χ0v) is 19.7. The minimum atomic E-state index is -0.313. The summed E-state index contributed by atoms with van der Waals surface area (Å²) in [5.41, 5.74) is 10.8. The van der Waals surface area contributed by atoms with E-state index in [1.165, 1.54) is 7.11 Å². The van der Waals surface area contributed by atoms with Crippen molar-refractivity contribution < 1.29 is 19.0 Å². The van der Waals surface area contributed by atoms with Crippen molar-refractivity contribution in [3.05, 3.63) is 47.5 Å². The van der Waals surface area contributed by atoms with Crippen LogP contribution in [-0.2, 0) is 9.47 Å². The second-order valence-corrected chi connectivity index (χ2v) is 8.38. The summed E-state index contributed by atoms with van der Waals surface area (Å²) in [7, 11) is 3.09. The number of anilines is 1. The molecule has 6 heteroatoms. The zero-order valence-electron chi connectivity index (χ0n) is 19.7. The van der Waals surface area contributed by atoms with Crippen LogP contribution in [0.1, 0.15) is 48.5 Å². The monoisotopic (exact) mass is 440 g/mol. The van der Waals surface area contributed by atoms with E-state index in [1.807, 2.05) is 37.3 Å². The minimum absolute atomic E-state index is 0.299. The van der Waals surface area contributed by atoms with Gasteiger partial charge in [-0.1, -0.05) is 12.1 Å². The molecular weight excluding hydrogens is 404 g/mol. The Kier molecular flexibility index (Phi) is 8.53. The number of nitrogens with zero attached hydrogens (tertiary/aromatic N) is 1. The summed E-state index contributed by atoms with van der Waals surface area (Å²) in [6, 6.07) is 12.8. The molecule has 1 fully saturated rings. The topological polar surface area (TPSA) is 74.0 Å². The fraction of sp³-hybridized carbons (Fsp3) is 0.500. The molecule has 0 amide bonds. The number of benzene rings is 2. The maximum absolute atomic E-state index is 12.6. The van der Waals surface area contributed by atoms with Gasteiger partial charge in [0.05, 0.1) is 19.3 Å². The predicted molar refractivity (Wildman–Crippen MR) is 129 cm³/mol. The Morgan fingerprint density at radius 2 is 1.72 bits per heavy atom. The van der Waals surface area contributed by atoms with Crippen LogP contribution in [0.2, 0.25) is 0 Å². The third kappa shape index (κ3) is 5.61. The van der Waals surface area contributed by atoms with Crippen LogP contribution in [0.25, 0.3) is 11.1 Å². The van der Waals surface area contributed by atoms with Gasteiger partial charge in [0.1, 0.15) is 12.4 Å². The number of hydrogen-bond donors (Lipinski definition) is 1. The highest BCUT2D eigenvalue weighted by atomic mass is 16.5. The highest BCUT2D eigenvalue weighted by Crippen LogP contribution is 2.35. The first kappa shape index (κ1) is 24.1. The SMILES string of the molecule is CCN(c1cc(-c2ccc(OCCOC)cc2)cc(C(=O)OC)c1C)C1CCC(N)CC1. The molecule has 0 unspecified atom stereocenters. The van der Waals surface area contributed by atoms with Crippen LogP contribution in [0, 0.1) is 6.92 Å². The maximum atomic E-state index is 12.6. The van der Waals surface area contributed by atoms with Gasteiger partial charge in [0.15, 0.2) is 0 Å². The Balaban J connectivity index is 1.97. The second-order valence-electron chi connectivity index (χ2n) is 8.38. The van der Waals surface area contributed by atoms with Crippen LogP contribution in [-0.4, -0.2) is 52.0 Å². The van der Waals surface area contributed by atoms with Crippen molar-refractivity contribution >= 4 is 11.7 Å². The van der Waals surface area contributed by atoms with Gasteiger partial charge in [-0.25, -0.2) is 4.79 Å². The van der Waals surface area contributed by atoms with Gasteiger partial charge in [0.2, 0.25) is 0 Å². The third-order valence-corrected chi connectivity index (χ3v) is 6.36. The summed E-state index contributed by atoms with van der Waals surface area (Å²) in [5.74, 6) is 0.479. The molecule has 1 saturated carbocycles. The van der Waals surface area contributed by atoms with Crippen LogP contribution in [0.15, 0.2) is 36.4 Å². The highest BCUT2D eigenvalue weighted by molar-refractivity contribution is 5.95. The Morgan fingerprint density at radius 3 is 2.31 bits per heavy atom. The van der Waals surface area contributed by atoms with E-state index in [9.17, 15) is 4.79 Å². The van der Waals surface area contributed by atoms with Gasteiger partial charge in [-0.3, -0.25) is 0 Å². The first-order valence-corrected chi connectivity index (χ1v) is 11.5. The molecule has 2 aromatic carbocycles. The largest absolute Gasteiger partial charge is 0.491 e. The number of nitrogens with two attached hydrogens (primary N) is 1. The molecule has 1 aliphatic rings. The van der Waals surface area contributed by atoms with Crippen molar-refractivity contribution in [1.29, 1.82) is 0 Å². The predicted octanol–water partition coefficient (Wildman–Crippen LogP) is 4.57. The molecule has 0 aliphatic heterocycles. The summed E-state index contributed by atoms with van der Waals surface area (Å²) in [4.78, 5) is 15.0. The average Bonchev–Trinajstić information content (AvgIpc) is 2.82. The fourth-order valence-electron chi connectivity index (χ4n) is 4.51. The van der Waals surface area contributed by atoms with Gasteiger partial charge in [-0.2, -0.15) is 0 Å². The average molecular weight is 441 g/mol. The molecule has 0 aromatic heterocycles. The number of esters is 1. The van der Waals surface area contributed by atoms with E-state index in [2.05, 4.69) is 17.9 Å². The summed E-state index contributed by atoms with van der Waals surface area (Å²) < 4.78 is 15.8. The molecular formula is C26H36N2O4. The summed E-state index contributed by atoms with van der Waals surface area (Å²) in [6.07, 6.45) is 4.21.